The molecule has 0 saturated heterocycles. The summed E-state index contributed by atoms with van der Waals surface area (Å²) in [6.07, 6.45) is 0. The SMILES string of the molecule is Cc1cccc(C)c1-c1cc[c-]c2c1nc(C(C)(C)C)n1c3ccc(-c4ccccc4)cc3nc21.Cc1cccc(C)c1-c1cc[c-]c2c1nc(C(C)(C)C)n1c3ccc(-c4ccccc4-c4cccc(-c5ccccc5-c5ccc6c(c5)nc5c7[c-]ccc(-c8c(C)cccc8C)c7nc(C(C)(C)C)n65)c4)cc3nc21.[Ir+3]. The van der Waals surface area contributed by atoms with Gasteiger partial charge in [-0.05, 0) is 206 Å². The second-order valence-corrected chi connectivity index (χ2v) is 33.2. The maximum absolute atomic E-state index is 5.49. The normalized spacial score (nSPS) is 12.2. The third-order valence-electron chi connectivity index (χ3n) is 22.2. The minimum Gasteiger partial charge on any atom is -0.321 e. The molecular formula is C102H86IrN9. The van der Waals surface area contributed by atoms with Crippen molar-refractivity contribution in [3.05, 3.63) is 318 Å². The smallest absolute Gasteiger partial charge is 0.321 e. The van der Waals surface area contributed by atoms with Gasteiger partial charge in [-0.2, -0.15) is 0 Å². The predicted molar refractivity (Wildman–Crippen MR) is 462 cm³/mol. The molecule has 0 N–H and O–H groups in total. The van der Waals surface area contributed by atoms with E-state index in [1.54, 1.807) is 0 Å². The summed E-state index contributed by atoms with van der Waals surface area (Å²) in [5.41, 5.74) is 36.6. The first-order chi connectivity index (χ1) is 53.4. The molecule has 548 valence electrons. The van der Waals surface area contributed by atoms with Crippen LogP contribution in [0.3, 0.4) is 0 Å². The molecule has 0 radical (unpaired) electrons. The van der Waals surface area contributed by atoms with Crippen molar-refractivity contribution in [3.8, 4) is 89.0 Å². The van der Waals surface area contributed by atoms with E-state index in [0.717, 1.165) is 167 Å². The second kappa shape index (κ2) is 27.7. The Bertz CT molecular complexity index is 6690. The van der Waals surface area contributed by atoms with Crippen LogP contribution in [0.4, 0.5) is 0 Å². The third-order valence-corrected chi connectivity index (χ3v) is 22.2. The number of benzene rings is 13. The van der Waals surface area contributed by atoms with Gasteiger partial charge in [0.05, 0.1) is 50.0 Å². The molecular weight excluding hydrogens is 1540 g/mol. The Morgan fingerprint density at radius 1 is 0.250 bits per heavy atom. The van der Waals surface area contributed by atoms with Crippen LogP contribution in [0, 0.1) is 59.7 Å². The molecule has 0 spiro atoms. The number of nitrogens with zero attached hydrogens (tertiary/aromatic N) is 9. The van der Waals surface area contributed by atoms with Crippen LogP contribution in [-0.2, 0) is 36.4 Å². The molecule has 0 aliphatic heterocycles. The van der Waals surface area contributed by atoms with E-state index in [2.05, 4.69) is 360 Å². The van der Waals surface area contributed by atoms with Crippen LogP contribution in [0.2, 0.25) is 0 Å². The van der Waals surface area contributed by atoms with Crippen molar-refractivity contribution in [1.82, 2.24) is 43.1 Å². The van der Waals surface area contributed by atoms with Crippen molar-refractivity contribution in [2.24, 2.45) is 0 Å². The van der Waals surface area contributed by atoms with E-state index in [1.165, 1.54) is 55.6 Å². The van der Waals surface area contributed by atoms with Gasteiger partial charge >= 0.3 is 20.1 Å². The van der Waals surface area contributed by atoms with Crippen molar-refractivity contribution in [1.29, 1.82) is 0 Å². The Morgan fingerprint density at radius 2 is 0.518 bits per heavy atom. The summed E-state index contributed by atoms with van der Waals surface area (Å²) in [5.74, 6) is 2.94. The molecule has 0 saturated carbocycles. The van der Waals surface area contributed by atoms with Crippen molar-refractivity contribution >= 4 is 82.8 Å². The summed E-state index contributed by atoms with van der Waals surface area (Å²) in [6, 6.07) is 99.4. The largest absolute Gasteiger partial charge is 3.00 e. The third kappa shape index (κ3) is 12.4. The molecule has 13 aromatic carbocycles. The van der Waals surface area contributed by atoms with Crippen molar-refractivity contribution in [2.45, 2.75) is 120 Å². The average molecular weight is 1630 g/mol. The van der Waals surface area contributed by atoms with Gasteiger partial charge in [-0.15, -0.1) is 54.6 Å². The molecule has 19 rings (SSSR count). The van der Waals surface area contributed by atoms with Crippen LogP contribution in [0.5, 0.6) is 0 Å². The number of rotatable bonds is 8. The standard InChI is InChI=1S/C70H58N6.C32H28N3.Ir/c1-41-20-15-21-42(2)61(41)53-30-18-32-55-63(53)73-67(69(5,6)7)75-59-36-34-47(39-57(59)71-65(55)75)51-28-13-11-26-49(51)45-24-17-25-46(38-45)50-27-12-14-29-52(50)48-35-37-60-58(40-48)72-66-56-33-19-31-54(62-43(3)22-16-23-44(62)4)64(56)74-68(76(60)66)70(8,9)10;1-20-11-9-12-21(2)28(20)24-15-10-16-25-29(24)34-31(32(3,4)5)35-27-18-17-23(19-26(27)33-30(25)35)22-13-7-6-8-14-22;/h11-31,34-40H,1-10H3;6-15,17-19H,1-5H3;/q-2;-1;+3. The molecule has 0 bridgehead atoms. The number of aryl methyl sites for hydroxylation is 6. The molecule has 0 aliphatic rings. The number of imidazole rings is 3. The van der Waals surface area contributed by atoms with Gasteiger partial charge in [0.2, 0.25) is 0 Å². The van der Waals surface area contributed by atoms with E-state index in [-0.39, 0.29) is 36.4 Å². The van der Waals surface area contributed by atoms with Crippen LogP contribution in [-0.4, -0.2) is 43.1 Å². The molecule has 6 heterocycles. The fraction of sp³-hybridized carbons (Fsp3) is 0.176. The molecule has 9 nitrogen and oxygen atoms in total. The summed E-state index contributed by atoms with van der Waals surface area (Å²) < 4.78 is 6.75. The monoisotopic (exact) mass is 1630 g/mol. The second-order valence-electron chi connectivity index (χ2n) is 33.2. The molecule has 0 atom stereocenters. The van der Waals surface area contributed by atoms with Gasteiger partial charge in [0.1, 0.15) is 17.5 Å². The maximum Gasteiger partial charge on any atom is 3.00 e. The molecule has 0 fully saturated rings. The van der Waals surface area contributed by atoms with Gasteiger partial charge in [-0.1, -0.05) is 265 Å². The zero-order valence-corrected chi connectivity index (χ0v) is 68.4. The van der Waals surface area contributed by atoms with Crippen molar-refractivity contribution in [2.75, 3.05) is 0 Å². The average Bonchev–Trinajstić information content (AvgIpc) is 1.55. The topological polar surface area (TPSA) is 90.6 Å². The Kier molecular flexibility index (Phi) is 18.0. The van der Waals surface area contributed by atoms with Gasteiger partial charge in [0, 0.05) is 16.2 Å². The van der Waals surface area contributed by atoms with E-state index in [9.17, 15) is 0 Å². The van der Waals surface area contributed by atoms with Crippen LogP contribution in [0.15, 0.2) is 249 Å². The van der Waals surface area contributed by atoms with Gasteiger partial charge in [0.15, 0.2) is 0 Å². The predicted octanol–water partition coefficient (Wildman–Crippen LogP) is 25.9. The van der Waals surface area contributed by atoms with Crippen LogP contribution in [0.1, 0.15) is 113 Å². The number of hydrogen-bond acceptors (Lipinski definition) is 6. The Labute approximate surface area is 668 Å². The molecule has 0 amide bonds. The first-order valence-electron chi connectivity index (χ1n) is 38.5. The van der Waals surface area contributed by atoms with E-state index in [4.69, 9.17) is 29.9 Å². The summed E-state index contributed by atoms with van der Waals surface area (Å²) >= 11 is 0. The van der Waals surface area contributed by atoms with Gasteiger partial charge in [-0.3, -0.25) is 29.9 Å². The molecule has 6 aromatic heterocycles. The van der Waals surface area contributed by atoms with Gasteiger partial charge in [-0.25, -0.2) is 0 Å². The van der Waals surface area contributed by atoms with Crippen LogP contribution in [0.25, 0.3) is 172 Å². The Balaban J connectivity index is 0.000000211. The number of aromatic nitrogens is 9. The van der Waals surface area contributed by atoms with E-state index >= 15 is 0 Å². The summed E-state index contributed by atoms with van der Waals surface area (Å²) in [5, 5.41) is 2.79. The van der Waals surface area contributed by atoms with Gasteiger partial charge in [0.25, 0.3) is 0 Å². The number of fused-ring (bicyclic) bond motifs is 15. The molecule has 0 aliphatic carbocycles. The zero-order chi connectivity index (χ0) is 76.7. The minimum absolute atomic E-state index is 0. The number of hydrogen-bond donors (Lipinski definition) is 0. The van der Waals surface area contributed by atoms with E-state index < -0.39 is 0 Å². The quantitative estimate of drug-likeness (QED) is 0.141. The van der Waals surface area contributed by atoms with Crippen molar-refractivity contribution < 1.29 is 20.1 Å². The molecule has 0 unspecified atom stereocenters. The first-order valence-corrected chi connectivity index (χ1v) is 38.5. The first kappa shape index (κ1) is 72.8. The van der Waals surface area contributed by atoms with E-state index in [0.29, 0.717) is 0 Å². The maximum atomic E-state index is 5.49. The molecule has 112 heavy (non-hydrogen) atoms. The molecule has 19 aromatic rings. The van der Waals surface area contributed by atoms with E-state index in [1.807, 2.05) is 24.3 Å². The van der Waals surface area contributed by atoms with Gasteiger partial charge < -0.3 is 13.2 Å². The summed E-state index contributed by atoms with van der Waals surface area (Å²) in [7, 11) is 0. The fourth-order valence-electron chi connectivity index (χ4n) is 17.0. The van der Waals surface area contributed by atoms with Crippen LogP contribution < -0.4 is 0 Å². The summed E-state index contributed by atoms with van der Waals surface area (Å²) in [4.78, 5) is 32.4. The Hall–Kier alpha value is -12.1. The van der Waals surface area contributed by atoms with Crippen molar-refractivity contribution in [3.63, 3.8) is 0 Å². The summed E-state index contributed by atoms with van der Waals surface area (Å²) in [6.45, 7) is 33.1. The fourth-order valence-corrected chi connectivity index (χ4v) is 17.0. The van der Waals surface area contributed by atoms with Crippen LogP contribution >= 0.6 is 0 Å². The minimum atomic E-state index is -0.266. The Morgan fingerprint density at radius 3 is 0.830 bits per heavy atom. The molecule has 10 heteroatoms. The zero-order valence-electron chi connectivity index (χ0n) is 66.0.